The van der Waals surface area contributed by atoms with Crippen molar-refractivity contribution in [2.45, 2.75) is 26.2 Å². The summed E-state index contributed by atoms with van der Waals surface area (Å²) >= 11 is 0. The molecule has 3 aromatic rings. The monoisotopic (exact) mass is 445 g/mol. The van der Waals surface area contributed by atoms with Crippen LogP contribution in [-0.4, -0.2) is 55.5 Å². The van der Waals surface area contributed by atoms with E-state index < -0.39 is 10.0 Å². The molecule has 0 saturated carbocycles. The number of ether oxygens (including phenoxy) is 1. The molecule has 0 atom stereocenters. The van der Waals surface area contributed by atoms with Crippen molar-refractivity contribution in [1.29, 1.82) is 0 Å². The molecule has 0 aliphatic rings. The Labute approximate surface area is 181 Å². The number of amides is 1. The molecule has 2 heterocycles. The minimum atomic E-state index is -3.26. The average molecular weight is 446 g/mol. The van der Waals surface area contributed by atoms with E-state index in [9.17, 15) is 13.2 Å². The Bertz CT molecular complexity index is 1130. The number of aryl methyl sites for hydroxylation is 1. The van der Waals surface area contributed by atoms with E-state index in [1.165, 1.54) is 0 Å². The normalized spacial score (nSPS) is 11.5. The zero-order valence-electron chi connectivity index (χ0n) is 17.7. The highest BCUT2D eigenvalue weighted by atomic mass is 32.2. The lowest BCUT2D eigenvalue weighted by Crippen LogP contribution is -2.35. The number of carbonyl (C=O) groups excluding carboxylic acids is 1. The summed E-state index contributed by atoms with van der Waals surface area (Å²) in [5.41, 5.74) is 2.19. The minimum absolute atomic E-state index is 0.0258. The summed E-state index contributed by atoms with van der Waals surface area (Å²) in [6.07, 6.45) is 2.89. The van der Waals surface area contributed by atoms with Gasteiger partial charge in [-0.15, -0.1) is 0 Å². The fraction of sp³-hybridized carbons (Fsp3) is 0.381. The van der Waals surface area contributed by atoms with Gasteiger partial charge in [-0.1, -0.05) is 6.07 Å². The summed E-state index contributed by atoms with van der Waals surface area (Å²) in [6, 6.07) is 11.0. The van der Waals surface area contributed by atoms with Crippen LogP contribution in [0.4, 0.5) is 5.69 Å². The van der Waals surface area contributed by atoms with Crippen molar-refractivity contribution in [2.75, 3.05) is 30.9 Å². The van der Waals surface area contributed by atoms with Crippen LogP contribution in [0.25, 0.3) is 11.0 Å². The highest BCUT2D eigenvalue weighted by Gasteiger charge is 2.18. The minimum Gasteiger partial charge on any atom is -0.497 e. The van der Waals surface area contributed by atoms with Gasteiger partial charge >= 0.3 is 0 Å². The molecule has 0 bridgehead atoms. The maximum atomic E-state index is 13.1. The molecular formula is C21H27N5O4S. The van der Waals surface area contributed by atoms with Gasteiger partial charge in [0.1, 0.15) is 5.75 Å². The van der Waals surface area contributed by atoms with Crippen LogP contribution in [0, 0.1) is 0 Å². The number of benzene rings is 1. The number of rotatable bonds is 11. The predicted molar refractivity (Wildman–Crippen MR) is 120 cm³/mol. The number of sulfonamides is 1. The van der Waals surface area contributed by atoms with E-state index in [0.29, 0.717) is 36.5 Å². The fourth-order valence-electron chi connectivity index (χ4n) is 3.20. The van der Waals surface area contributed by atoms with Gasteiger partial charge in [0.25, 0.3) is 0 Å². The first-order chi connectivity index (χ1) is 14.9. The average Bonchev–Trinajstić information content (AvgIpc) is 3.20. The Hall–Kier alpha value is -2.98. The Morgan fingerprint density at radius 1 is 1.26 bits per heavy atom. The zero-order valence-corrected chi connectivity index (χ0v) is 18.5. The molecule has 3 rings (SSSR count). The van der Waals surface area contributed by atoms with E-state index in [-0.39, 0.29) is 24.6 Å². The molecule has 0 fully saturated rings. The van der Waals surface area contributed by atoms with Crippen LogP contribution in [0.5, 0.6) is 5.75 Å². The van der Waals surface area contributed by atoms with Gasteiger partial charge in [-0.25, -0.2) is 18.1 Å². The third-order valence-corrected chi connectivity index (χ3v) is 6.32. The van der Waals surface area contributed by atoms with Crippen LogP contribution in [0.2, 0.25) is 0 Å². The van der Waals surface area contributed by atoms with Gasteiger partial charge < -0.3 is 9.64 Å². The van der Waals surface area contributed by atoms with Gasteiger partial charge in [-0.05, 0) is 37.6 Å². The molecule has 2 aromatic heterocycles. The lowest BCUT2D eigenvalue weighted by molar-refractivity contribution is -0.118. The topological polar surface area (TPSA) is 117 Å². The van der Waals surface area contributed by atoms with Gasteiger partial charge in [0, 0.05) is 49.3 Å². The molecule has 31 heavy (non-hydrogen) atoms. The number of anilines is 1. The molecule has 10 heteroatoms. The number of hydrogen-bond donors (Lipinski definition) is 2. The molecule has 9 nitrogen and oxygen atoms in total. The van der Waals surface area contributed by atoms with Crippen LogP contribution >= 0.6 is 0 Å². The van der Waals surface area contributed by atoms with Gasteiger partial charge in [0.15, 0.2) is 5.65 Å². The molecule has 0 radical (unpaired) electrons. The number of aromatic nitrogens is 3. The number of aromatic amines is 1. The molecule has 0 spiro atoms. The van der Waals surface area contributed by atoms with Gasteiger partial charge in [-0.3, -0.25) is 9.89 Å². The Morgan fingerprint density at radius 3 is 2.87 bits per heavy atom. The maximum absolute atomic E-state index is 13.1. The van der Waals surface area contributed by atoms with Crippen molar-refractivity contribution in [1.82, 2.24) is 19.9 Å². The van der Waals surface area contributed by atoms with E-state index in [0.717, 1.165) is 11.1 Å². The summed E-state index contributed by atoms with van der Waals surface area (Å²) < 4.78 is 31.1. The number of nitrogens with zero attached hydrogens (tertiary/aromatic N) is 3. The second-order valence-electron chi connectivity index (χ2n) is 6.97. The predicted octanol–water partition coefficient (Wildman–Crippen LogP) is 2.26. The van der Waals surface area contributed by atoms with E-state index in [1.807, 2.05) is 30.3 Å². The van der Waals surface area contributed by atoms with Crippen LogP contribution in [0.15, 0.2) is 42.6 Å². The highest BCUT2D eigenvalue weighted by molar-refractivity contribution is 7.89. The van der Waals surface area contributed by atoms with Crippen molar-refractivity contribution in [3.05, 3.63) is 48.3 Å². The van der Waals surface area contributed by atoms with Crippen LogP contribution in [-0.2, 0) is 21.2 Å². The summed E-state index contributed by atoms with van der Waals surface area (Å²) in [7, 11) is -1.69. The molecule has 0 saturated heterocycles. The number of carbonyl (C=O) groups is 1. The zero-order chi connectivity index (χ0) is 22.3. The summed E-state index contributed by atoms with van der Waals surface area (Å²) in [5, 5.41) is 8.07. The quantitative estimate of drug-likeness (QED) is 0.437. The van der Waals surface area contributed by atoms with Crippen molar-refractivity contribution < 1.29 is 17.9 Å². The lowest BCUT2D eigenvalue weighted by Gasteiger charge is -2.23. The number of nitrogens with one attached hydrogen (secondary N) is 2. The maximum Gasteiger partial charge on any atom is 0.227 e. The number of hydrogen-bond acceptors (Lipinski definition) is 6. The van der Waals surface area contributed by atoms with Crippen LogP contribution in [0.1, 0.15) is 25.5 Å². The second kappa shape index (κ2) is 10.4. The summed E-state index contributed by atoms with van der Waals surface area (Å²) in [5.74, 6) is 0.593. The molecular weight excluding hydrogens is 418 g/mol. The van der Waals surface area contributed by atoms with E-state index in [1.54, 1.807) is 31.2 Å². The number of H-pyrrole nitrogens is 1. The molecule has 2 N–H and O–H groups in total. The van der Waals surface area contributed by atoms with Crippen LogP contribution in [0.3, 0.4) is 0 Å². The Kier molecular flexibility index (Phi) is 7.59. The fourth-order valence-corrected chi connectivity index (χ4v) is 3.86. The Balaban J connectivity index is 1.70. The molecule has 166 valence electrons. The first-order valence-electron chi connectivity index (χ1n) is 10.1. The standard InChI is InChI=1S/C21H27N5O4S/c1-3-31(28,29)23-13-6-14-26(16-7-4-8-17(15-16)30-2)20(27)11-10-19-18-9-5-12-22-21(18)25-24-19/h4-5,7-9,12,15,23H,3,6,10-11,13-14H2,1-2H3,(H,22,24,25). The molecule has 0 aliphatic carbocycles. The third-order valence-electron chi connectivity index (χ3n) is 4.92. The molecule has 0 unspecified atom stereocenters. The van der Waals surface area contributed by atoms with Crippen LogP contribution < -0.4 is 14.4 Å². The van der Waals surface area contributed by atoms with E-state index in [4.69, 9.17) is 4.74 Å². The van der Waals surface area contributed by atoms with Gasteiger partial charge in [-0.2, -0.15) is 5.10 Å². The number of pyridine rings is 1. The highest BCUT2D eigenvalue weighted by Crippen LogP contribution is 2.23. The summed E-state index contributed by atoms with van der Waals surface area (Å²) in [6.45, 7) is 2.23. The van der Waals surface area contributed by atoms with Crippen molar-refractivity contribution in [3.63, 3.8) is 0 Å². The summed E-state index contributed by atoms with van der Waals surface area (Å²) in [4.78, 5) is 19.0. The van der Waals surface area contributed by atoms with E-state index >= 15 is 0 Å². The molecule has 0 aliphatic heterocycles. The lowest BCUT2D eigenvalue weighted by atomic mass is 10.1. The first-order valence-corrected chi connectivity index (χ1v) is 11.8. The van der Waals surface area contributed by atoms with Crippen molar-refractivity contribution in [2.24, 2.45) is 0 Å². The number of methoxy groups -OCH3 is 1. The Morgan fingerprint density at radius 2 is 2.10 bits per heavy atom. The van der Waals surface area contributed by atoms with Gasteiger partial charge in [0.2, 0.25) is 15.9 Å². The number of fused-ring (bicyclic) bond motifs is 1. The van der Waals surface area contributed by atoms with E-state index in [2.05, 4.69) is 19.9 Å². The smallest absolute Gasteiger partial charge is 0.227 e. The molecule has 1 amide bonds. The van der Waals surface area contributed by atoms with Crippen molar-refractivity contribution >= 4 is 32.7 Å². The SMILES string of the molecule is CCS(=O)(=O)NCCCN(C(=O)CCc1n[nH]c2ncccc12)c1cccc(OC)c1. The first kappa shape index (κ1) is 22.7. The van der Waals surface area contributed by atoms with Gasteiger partial charge in [0.05, 0.1) is 18.6 Å². The second-order valence-corrected chi connectivity index (χ2v) is 9.06. The largest absolute Gasteiger partial charge is 0.497 e. The molecule has 1 aromatic carbocycles. The van der Waals surface area contributed by atoms with Crippen molar-refractivity contribution in [3.8, 4) is 5.75 Å². The third kappa shape index (κ3) is 6.02.